The molecule has 5 nitrogen and oxygen atoms in total. The minimum Gasteiger partial charge on any atom is -0.353 e. The highest BCUT2D eigenvalue weighted by atomic mass is 19.1. The molecule has 0 radical (unpaired) electrons. The third kappa shape index (κ3) is 3.61. The molecular weight excluding hydrogens is 333 g/mol. The Kier molecular flexibility index (Phi) is 4.69. The first-order valence-electron chi connectivity index (χ1n) is 9.62. The number of amides is 2. The standard InChI is InChI=1S/C20H26FN3O2/c1-13-2-5-18(17(21)10-13)24-12-14(11-19(24)25)20(26)22-15-6-8-23(9-7-15)16-3-4-16/h2,5,10,14-16H,3-4,6-9,11-12H2,1H3,(H,22,26). The lowest BCUT2D eigenvalue weighted by Gasteiger charge is -2.32. The second kappa shape index (κ2) is 6.99. The van der Waals surface area contributed by atoms with Gasteiger partial charge in [0.25, 0.3) is 0 Å². The van der Waals surface area contributed by atoms with E-state index in [4.69, 9.17) is 0 Å². The van der Waals surface area contributed by atoms with E-state index in [1.165, 1.54) is 23.8 Å². The zero-order valence-corrected chi connectivity index (χ0v) is 15.2. The number of halogens is 1. The fraction of sp³-hybridized carbons (Fsp3) is 0.600. The van der Waals surface area contributed by atoms with E-state index in [1.54, 1.807) is 12.1 Å². The molecule has 140 valence electrons. The highest BCUT2D eigenvalue weighted by molar-refractivity contribution is 6.00. The molecule has 2 heterocycles. The molecule has 1 unspecified atom stereocenters. The SMILES string of the molecule is Cc1ccc(N2CC(C(=O)NC3CCN(C4CC4)CC3)CC2=O)c(F)c1. The van der Waals surface area contributed by atoms with Crippen LogP contribution in [0, 0.1) is 18.7 Å². The van der Waals surface area contributed by atoms with Crippen molar-refractivity contribution in [3.05, 3.63) is 29.6 Å². The summed E-state index contributed by atoms with van der Waals surface area (Å²) >= 11 is 0. The van der Waals surface area contributed by atoms with E-state index in [0.29, 0.717) is 0 Å². The van der Waals surface area contributed by atoms with E-state index < -0.39 is 11.7 Å². The number of aryl methyl sites for hydroxylation is 1. The van der Waals surface area contributed by atoms with Crippen molar-refractivity contribution in [3.8, 4) is 0 Å². The Morgan fingerprint density at radius 3 is 2.58 bits per heavy atom. The fourth-order valence-corrected chi connectivity index (χ4v) is 4.11. The number of nitrogens with one attached hydrogen (secondary N) is 1. The van der Waals surface area contributed by atoms with Gasteiger partial charge in [0, 0.05) is 38.1 Å². The molecule has 1 aliphatic carbocycles. The van der Waals surface area contributed by atoms with E-state index in [9.17, 15) is 14.0 Å². The molecule has 3 fully saturated rings. The second-order valence-electron chi connectivity index (χ2n) is 7.91. The maximum atomic E-state index is 14.2. The number of anilines is 1. The molecule has 1 N–H and O–H groups in total. The van der Waals surface area contributed by atoms with Crippen LogP contribution in [0.25, 0.3) is 0 Å². The number of hydrogen-bond acceptors (Lipinski definition) is 3. The average molecular weight is 359 g/mol. The molecule has 0 aromatic heterocycles. The smallest absolute Gasteiger partial charge is 0.227 e. The first-order chi connectivity index (χ1) is 12.5. The molecular formula is C20H26FN3O2. The summed E-state index contributed by atoms with van der Waals surface area (Å²) in [6.07, 6.45) is 4.72. The Morgan fingerprint density at radius 1 is 1.19 bits per heavy atom. The maximum Gasteiger partial charge on any atom is 0.227 e. The Bertz CT molecular complexity index is 711. The van der Waals surface area contributed by atoms with E-state index in [-0.39, 0.29) is 36.5 Å². The molecule has 2 amide bonds. The quantitative estimate of drug-likeness (QED) is 0.897. The summed E-state index contributed by atoms with van der Waals surface area (Å²) < 4.78 is 14.2. The lowest BCUT2D eigenvalue weighted by molar-refractivity contribution is -0.127. The summed E-state index contributed by atoms with van der Waals surface area (Å²) in [6, 6.07) is 5.79. The van der Waals surface area contributed by atoms with Gasteiger partial charge in [-0.15, -0.1) is 0 Å². The molecule has 26 heavy (non-hydrogen) atoms. The van der Waals surface area contributed by atoms with Crippen molar-refractivity contribution in [1.29, 1.82) is 0 Å². The maximum absolute atomic E-state index is 14.2. The lowest BCUT2D eigenvalue weighted by Crippen LogP contribution is -2.47. The molecule has 0 spiro atoms. The van der Waals surface area contributed by atoms with Crippen LogP contribution in [0.3, 0.4) is 0 Å². The van der Waals surface area contributed by atoms with Gasteiger partial charge in [-0.25, -0.2) is 4.39 Å². The van der Waals surface area contributed by atoms with Gasteiger partial charge in [0.2, 0.25) is 11.8 Å². The number of piperidine rings is 1. The molecule has 1 saturated carbocycles. The van der Waals surface area contributed by atoms with Crippen LogP contribution < -0.4 is 10.2 Å². The van der Waals surface area contributed by atoms with Crippen molar-refractivity contribution in [2.24, 2.45) is 5.92 Å². The van der Waals surface area contributed by atoms with Crippen LogP contribution in [0.1, 0.15) is 37.7 Å². The highest BCUT2D eigenvalue weighted by Crippen LogP contribution is 2.30. The number of rotatable bonds is 4. The van der Waals surface area contributed by atoms with E-state index in [0.717, 1.165) is 37.5 Å². The first kappa shape index (κ1) is 17.5. The van der Waals surface area contributed by atoms with Crippen LogP contribution in [0.2, 0.25) is 0 Å². The summed E-state index contributed by atoms with van der Waals surface area (Å²) in [5.41, 5.74) is 1.08. The number of benzene rings is 1. The van der Waals surface area contributed by atoms with E-state index >= 15 is 0 Å². The molecule has 6 heteroatoms. The predicted molar refractivity (Wildman–Crippen MR) is 97.4 cm³/mol. The van der Waals surface area contributed by atoms with Crippen molar-refractivity contribution >= 4 is 17.5 Å². The van der Waals surface area contributed by atoms with Crippen LogP contribution in [0.4, 0.5) is 10.1 Å². The Balaban J connectivity index is 1.33. The van der Waals surface area contributed by atoms with Crippen LogP contribution in [0.15, 0.2) is 18.2 Å². The zero-order chi connectivity index (χ0) is 18.3. The zero-order valence-electron chi connectivity index (χ0n) is 15.2. The topological polar surface area (TPSA) is 52.7 Å². The summed E-state index contributed by atoms with van der Waals surface area (Å²) in [5.74, 6) is -1.06. The monoisotopic (exact) mass is 359 g/mol. The third-order valence-corrected chi connectivity index (χ3v) is 5.83. The number of nitrogens with zero attached hydrogens (tertiary/aromatic N) is 2. The Labute approximate surface area is 153 Å². The van der Waals surface area contributed by atoms with Crippen LogP contribution >= 0.6 is 0 Å². The van der Waals surface area contributed by atoms with Crippen molar-refractivity contribution in [1.82, 2.24) is 10.2 Å². The van der Waals surface area contributed by atoms with Gasteiger partial charge >= 0.3 is 0 Å². The largest absolute Gasteiger partial charge is 0.353 e. The summed E-state index contributed by atoms with van der Waals surface area (Å²) in [7, 11) is 0. The first-order valence-corrected chi connectivity index (χ1v) is 9.62. The molecule has 2 saturated heterocycles. The molecule has 0 bridgehead atoms. The van der Waals surface area contributed by atoms with Gasteiger partial charge in [-0.05, 0) is 50.3 Å². The highest BCUT2D eigenvalue weighted by Gasteiger charge is 2.38. The van der Waals surface area contributed by atoms with Gasteiger partial charge in [-0.1, -0.05) is 6.07 Å². The minimum absolute atomic E-state index is 0.0711. The number of carbonyl (C=O) groups is 2. The molecule has 2 aliphatic heterocycles. The Morgan fingerprint density at radius 2 is 1.92 bits per heavy atom. The summed E-state index contributed by atoms with van der Waals surface area (Å²) in [6.45, 7) is 4.15. The van der Waals surface area contributed by atoms with Crippen molar-refractivity contribution in [2.45, 2.75) is 51.1 Å². The lowest BCUT2D eigenvalue weighted by atomic mass is 10.0. The number of carbonyl (C=O) groups excluding carboxylic acids is 2. The van der Waals surface area contributed by atoms with Crippen molar-refractivity contribution in [2.75, 3.05) is 24.5 Å². The normalized spacial score (nSPS) is 24.9. The van der Waals surface area contributed by atoms with E-state index in [1.807, 2.05) is 6.92 Å². The third-order valence-electron chi connectivity index (χ3n) is 5.83. The predicted octanol–water partition coefficient (Wildman–Crippen LogP) is 2.23. The van der Waals surface area contributed by atoms with Gasteiger partial charge < -0.3 is 15.1 Å². The van der Waals surface area contributed by atoms with Crippen molar-refractivity contribution < 1.29 is 14.0 Å². The average Bonchev–Trinajstić information content (AvgIpc) is 3.38. The van der Waals surface area contributed by atoms with Crippen LogP contribution in [-0.4, -0.2) is 48.4 Å². The fourth-order valence-electron chi connectivity index (χ4n) is 4.11. The molecule has 1 atom stereocenters. The van der Waals surface area contributed by atoms with E-state index in [2.05, 4.69) is 10.2 Å². The van der Waals surface area contributed by atoms with Gasteiger partial charge in [-0.3, -0.25) is 9.59 Å². The summed E-state index contributed by atoms with van der Waals surface area (Å²) in [4.78, 5) is 28.9. The molecule has 4 rings (SSSR count). The molecule has 1 aromatic carbocycles. The van der Waals surface area contributed by atoms with Gasteiger partial charge in [0.1, 0.15) is 5.82 Å². The van der Waals surface area contributed by atoms with Gasteiger partial charge in [0.05, 0.1) is 11.6 Å². The van der Waals surface area contributed by atoms with Crippen LogP contribution in [-0.2, 0) is 9.59 Å². The van der Waals surface area contributed by atoms with Gasteiger partial charge in [0.15, 0.2) is 0 Å². The van der Waals surface area contributed by atoms with Gasteiger partial charge in [-0.2, -0.15) is 0 Å². The molecule has 1 aromatic rings. The van der Waals surface area contributed by atoms with Crippen molar-refractivity contribution in [3.63, 3.8) is 0 Å². The number of hydrogen-bond donors (Lipinski definition) is 1. The Hall–Kier alpha value is -1.95. The summed E-state index contributed by atoms with van der Waals surface area (Å²) in [5, 5.41) is 3.12. The minimum atomic E-state index is -0.410. The van der Waals surface area contributed by atoms with Crippen LogP contribution in [0.5, 0.6) is 0 Å². The molecule has 3 aliphatic rings. The second-order valence-corrected chi connectivity index (χ2v) is 7.91. The number of likely N-dealkylation sites (tertiary alicyclic amines) is 1.